The van der Waals surface area contributed by atoms with Crippen molar-refractivity contribution in [2.75, 3.05) is 13.7 Å². The molecule has 0 bridgehead atoms. The van der Waals surface area contributed by atoms with Gasteiger partial charge in [-0.15, -0.1) is 0 Å². The summed E-state index contributed by atoms with van der Waals surface area (Å²) in [5, 5.41) is 2.99. The third-order valence-corrected chi connectivity index (χ3v) is 2.38. The van der Waals surface area contributed by atoms with Gasteiger partial charge in [-0.1, -0.05) is 18.2 Å². The molecule has 1 aromatic carbocycles. The van der Waals surface area contributed by atoms with Crippen LogP contribution in [0.3, 0.4) is 0 Å². The van der Waals surface area contributed by atoms with E-state index < -0.39 is 11.7 Å². The van der Waals surface area contributed by atoms with E-state index in [1.807, 2.05) is 6.92 Å². The van der Waals surface area contributed by atoms with E-state index in [1.54, 1.807) is 13.2 Å². The smallest absolute Gasteiger partial charge is 0.383 e. The highest BCUT2D eigenvalue weighted by atomic mass is 19.4. The minimum Gasteiger partial charge on any atom is -0.383 e. The lowest BCUT2D eigenvalue weighted by Crippen LogP contribution is -2.30. The van der Waals surface area contributed by atoms with Crippen molar-refractivity contribution < 1.29 is 17.9 Å². The van der Waals surface area contributed by atoms with Crippen LogP contribution in [-0.2, 0) is 17.5 Å². The molecule has 0 saturated heterocycles. The Morgan fingerprint density at radius 2 is 1.94 bits per heavy atom. The maximum Gasteiger partial charge on any atom is 0.416 e. The zero-order chi connectivity index (χ0) is 12.9. The number of ether oxygens (including phenoxy) is 1. The van der Waals surface area contributed by atoms with E-state index >= 15 is 0 Å². The first kappa shape index (κ1) is 14.0. The van der Waals surface area contributed by atoms with Crippen LogP contribution < -0.4 is 5.32 Å². The SMILES string of the molecule is COCC(C)NCc1ccccc1C(F)(F)F. The molecule has 0 amide bonds. The minimum atomic E-state index is -4.30. The zero-order valence-corrected chi connectivity index (χ0v) is 9.84. The van der Waals surface area contributed by atoms with Crippen molar-refractivity contribution in [2.24, 2.45) is 0 Å². The molecule has 17 heavy (non-hydrogen) atoms. The third-order valence-electron chi connectivity index (χ3n) is 2.38. The molecule has 5 heteroatoms. The first-order valence-electron chi connectivity index (χ1n) is 5.32. The lowest BCUT2D eigenvalue weighted by atomic mass is 10.1. The standard InChI is InChI=1S/C12H16F3NO/c1-9(8-17-2)16-7-10-5-3-4-6-11(10)12(13,14)15/h3-6,9,16H,7-8H2,1-2H3. The van der Waals surface area contributed by atoms with Gasteiger partial charge in [0.1, 0.15) is 0 Å². The normalized spacial score (nSPS) is 13.7. The van der Waals surface area contributed by atoms with Crippen LogP contribution in [0.5, 0.6) is 0 Å². The van der Waals surface area contributed by atoms with Crippen molar-refractivity contribution >= 4 is 0 Å². The zero-order valence-electron chi connectivity index (χ0n) is 9.84. The van der Waals surface area contributed by atoms with Crippen molar-refractivity contribution in [3.05, 3.63) is 35.4 Å². The van der Waals surface area contributed by atoms with Gasteiger partial charge in [0, 0.05) is 19.7 Å². The molecule has 1 atom stereocenters. The topological polar surface area (TPSA) is 21.3 Å². The molecule has 2 nitrogen and oxygen atoms in total. The molecular formula is C12H16F3NO. The van der Waals surface area contributed by atoms with Crippen LogP contribution >= 0.6 is 0 Å². The average molecular weight is 247 g/mol. The van der Waals surface area contributed by atoms with Crippen molar-refractivity contribution in [3.63, 3.8) is 0 Å². The van der Waals surface area contributed by atoms with E-state index in [9.17, 15) is 13.2 Å². The molecule has 0 aliphatic heterocycles. The van der Waals surface area contributed by atoms with Crippen LogP contribution in [0, 0.1) is 0 Å². The molecule has 0 heterocycles. The number of alkyl halides is 3. The molecule has 0 spiro atoms. The highest BCUT2D eigenvalue weighted by Crippen LogP contribution is 2.31. The summed E-state index contributed by atoms with van der Waals surface area (Å²) in [5.41, 5.74) is -0.333. The van der Waals surface area contributed by atoms with Crippen LogP contribution in [-0.4, -0.2) is 19.8 Å². The Bertz CT molecular complexity index is 352. The van der Waals surface area contributed by atoms with Crippen LogP contribution in [0.4, 0.5) is 13.2 Å². The molecule has 0 saturated carbocycles. The summed E-state index contributed by atoms with van der Waals surface area (Å²) < 4.78 is 42.9. The highest BCUT2D eigenvalue weighted by Gasteiger charge is 2.32. The molecule has 0 aliphatic rings. The van der Waals surface area contributed by atoms with Gasteiger partial charge < -0.3 is 10.1 Å². The number of halogens is 3. The quantitative estimate of drug-likeness (QED) is 0.863. The van der Waals surface area contributed by atoms with E-state index in [-0.39, 0.29) is 18.2 Å². The first-order valence-corrected chi connectivity index (χ1v) is 5.32. The van der Waals surface area contributed by atoms with Gasteiger partial charge >= 0.3 is 6.18 Å². The Morgan fingerprint density at radius 1 is 1.29 bits per heavy atom. The number of hydrogen-bond donors (Lipinski definition) is 1. The predicted octanol–water partition coefficient (Wildman–Crippen LogP) is 2.83. The molecule has 96 valence electrons. The predicted molar refractivity (Wildman–Crippen MR) is 59.6 cm³/mol. The summed E-state index contributed by atoms with van der Waals surface area (Å²) in [5.74, 6) is 0. The maximum atomic E-state index is 12.7. The molecule has 0 aromatic heterocycles. The molecule has 0 aliphatic carbocycles. The summed E-state index contributed by atoms with van der Waals surface area (Å²) in [7, 11) is 1.56. The number of rotatable bonds is 5. The van der Waals surface area contributed by atoms with Gasteiger partial charge in [0.2, 0.25) is 0 Å². The second-order valence-corrected chi connectivity index (χ2v) is 3.89. The number of methoxy groups -OCH3 is 1. The Hall–Kier alpha value is -1.07. The van der Waals surface area contributed by atoms with Crippen molar-refractivity contribution in [1.82, 2.24) is 5.32 Å². The number of nitrogens with one attached hydrogen (secondary N) is 1. The van der Waals surface area contributed by atoms with Crippen molar-refractivity contribution in [3.8, 4) is 0 Å². The lowest BCUT2D eigenvalue weighted by Gasteiger charge is -2.16. The second kappa shape index (κ2) is 6.02. The van der Waals surface area contributed by atoms with Gasteiger partial charge in [-0.2, -0.15) is 13.2 Å². The fourth-order valence-corrected chi connectivity index (χ4v) is 1.54. The van der Waals surface area contributed by atoms with Gasteiger partial charge in [-0.25, -0.2) is 0 Å². The Kier molecular flexibility index (Phi) is 4.96. The molecule has 0 fully saturated rings. The largest absolute Gasteiger partial charge is 0.416 e. The Morgan fingerprint density at radius 3 is 2.53 bits per heavy atom. The van der Waals surface area contributed by atoms with Crippen LogP contribution in [0.1, 0.15) is 18.1 Å². The molecule has 1 aromatic rings. The van der Waals surface area contributed by atoms with Gasteiger partial charge in [0.25, 0.3) is 0 Å². The Balaban J connectivity index is 2.71. The molecule has 1 unspecified atom stereocenters. The monoisotopic (exact) mass is 247 g/mol. The van der Waals surface area contributed by atoms with E-state index in [1.165, 1.54) is 12.1 Å². The van der Waals surface area contributed by atoms with Crippen LogP contribution in [0.25, 0.3) is 0 Å². The van der Waals surface area contributed by atoms with E-state index in [2.05, 4.69) is 5.32 Å². The summed E-state index contributed by atoms with van der Waals surface area (Å²) in [6.45, 7) is 2.51. The minimum absolute atomic E-state index is 0.0151. The molecular weight excluding hydrogens is 231 g/mol. The fourth-order valence-electron chi connectivity index (χ4n) is 1.54. The number of benzene rings is 1. The van der Waals surface area contributed by atoms with Gasteiger partial charge in [0.15, 0.2) is 0 Å². The van der Waals surface area contributed by atoms with Gasteiger partial charge in [-0.3, -0.25) is 0 Å². The van der Waals surface area contributed by atoms with Crippen LogP contribution in [0.2, 0.25) is 0 Å². The van der Waals surface area contributed by atoms with E-state index in [4.69, 9.17) is 4.74 Å². The lowest BCUT2D eigenvalue weighted by molar-refractivity contribution is -0.138. The van der Waals surface area contributed by atoms with Crippen LogP contribution in [0.15, 0.2) is 24.3 Å². The summed E-state index contributed by atoms with van der Waals surface area (Å²) in [6, 6.07) is 5.59. The fraction of sp³-hybridized carbons (Fsp3) is 0.500. The van der Waals surface area contributed by atoms with Crippen molar-refractivity contribution in [2.45, 2.75) is 25.7 Å². The average Bonchev–Trinajstić information content (AvgIpc) is 2.26. The molecule has 1 rings (SSSR count). The van der Waals surface area contributed by atoms with Gasteiger partial charge in [-0.05, 0) is 18.6 Å². The van der Waals surface area contributed by atoms with Crippen molar-refractivity contribution in [1.29, 1.82) is 0 Å². The van der Waals surface area contributed by atoms with Gasteiger partial charge in [0.05, 0.1) is 12.2 Å². The summed E-state index contributed by atoms with van der Waals surface area (Å²) >= 11 is 0. The summed E-state index contributed by atoms with van der Waals surface area (Å²) in [6.07, 6.45) is -4.30. The molecule has 1 N–H and O–H groups in total. The second-order valence-electron chi connectivity index (χ2n) is 3.89. The maximum absolute atomic E-state index is 12.7. The highest BCUT2D eigenvalue weighted by molar-refractivity contribution is 5.29. The summed E-state index contributed by atoms with van der Waals surface area (Å²) in [4.78, 5) is 0. The first-order chi connectivity index (χ1) is 7.95. The third kappa shape index (κ3) is 4.36. The van der Waals surface area contributed by atoms with E-state index in [0.29, 0.717) is 6.61 Å². The Labute approximate surface area is 98.8 Å². The van der Waals surface area contributed by atoms with E-state index in [0.717, 1.165) is 6.07 Å². The molecule has 0 radical (unpaired) electrons. The number of hydrogen-bond acceptors (Lipinski definition) is 2.